The number of rotatable bonds is 4. The molecule has 2 aromatic rings. The summed E-state index contributed by atoms with van der Waals surface area (Å²) in [6.07, 6.45) is 1.66. The molecule has 3 rings (SSSR count). The fourth-order valence-corrected chi connectivity index (χ4v) is 3.46. The zero-order valence-corrected chi connectivity index (χ0v) is 15.3. The van der Waals surface area contributed by atoms with Crippen molar-refractivity contribution in [3.8, 4) is 0 Å². The minimum Gasteiger partial charge on any atom is -0.324 e. The Labute approximate surface area is 156 Å². The molecule has 1 fully saturated rings. The van der Waals surface area contributed by atoms with Gasteiger partial charge in [0.25, 0.3) is 11.1 Å². The first-order chi connectivity index (χ1) is 12.4. The molecule has 0 aliphatic carbocycles. The lowest BCUT2D eigenvalue weighted by molar-refractivity contribution is -0.127. The van der Waals surface area contributed by atoms with E-state index in [1.54, 1.807) is 6.08 Å². The van der Waals surface area contributed by atoms with Gasteiger partial charge in [0.2, 0.25) is 5.91 Å². The van der Waals surface area contributed by atoms with Gasteiger partial charge in [0.05, 0.1) is 4.91 Å². The van der Waals surface area contributed by atoms with Crippen LogP contribution in [0.15, 0.2) is 53.4 Å². The highest BCUT2D eigenvalue weighted by Gasteiger charge is 2.36. The van der Waals surface area contributed by atoms with Gasteiger partial charge in [0, 0.05) is 5.69 Å². The maximum Gasteiger partial charge on any atom is 0.294 e. The molecule has 5 nitrogen and oxygen atoms in total. The van der Waals surface area contributed by atoms with E-state index in [4.69, 9.17) is 0 Å². The predicted octanol–water partition coefficient (Wildman–Crippen LogP) is 3.98. The SMILES string of the molecule is Cc1ccc(NC(=O)CN2C(=O)SC(=Cc3ccccc3)C2=O)c(C)c1. The first kappa shape index (κ1) is 17.9. The van der Waals surface area contributed by atoms with Gasteiger partial charge in [-0.2, -0.15) is 0 Å². The van der Waals surface area contributed by atoms with Gasteiger partial charge >= 0.3 is 0 Å². The Kier molecular flexibility index (Phi) is 5.23. The van der Waals surface area contributed by atoms with Gasteiger partial charge in [-0.1, -0.05) is 48.0 Å². The zero-order valence-electron chi connectivity index (χ0n) is 14.5. The fourth-order valence-electron chi connectivity index (χ4n) is 2.62. The van der Waals surface area contributed by atoms with Crippen LogP contribution in [0.1, 0.15) is 16.7 Å². The van der Waals surface area contributed by atoms with Crippen LogP contribution in [-0.2, 0) is 9.59 Å². The van der Waals surface area contributed by atoms with Gasteiger partial charge in [0.15, 0.2) is 0 Å². The number of carbonyl (C=O) groups excluding carboxylic acids is 3. The van der Waals surface area contributed by atoms with E-state index in [9.17, 15) is 14.4 Å². The predicted molar refractivity (Wildman–Crippen MR) is 104 cm³/mol. The lowest BCUT2D eigenvalue weighted by Crippen LogP contribution is -2.36. The van der Waals surface area contributed by atoms with E-state index in [0.29, 0.717) is 10.6 Å². The molecule has 2 aromatic carbocycles. The molecule has 0 atom stereocenters. The Balaban J connectivity index is 1.69. The summed E-state index contributed by atoms with van der Waals surface area (Å²) in [5.41, 5.74) is 3.53. The number of amides is 3. The Hall–Kier alpha value is -2.86. The third-order valence-electron chi connectivity index (χ3n) is 3.93. The topological polar surface area (TPSA) is 66.5 Å². The second kappa shape index (κ2) is 7.58. The van der Waals surface area contributed by atoms with Crippen LogP contribution in [0.4, 0.5) is 10.5 Å². The number of thioether (sulfide) groups is 1. The number of hydrogen-bond acceptors (Lipinski definition) is 4. The second-order valence-corrected chi connectivity index (χ2v) is 7.04. The smallest absolute Gasteiger partial charge is 0.294 e. The third-order valence-corrected chi connectivity index (χ3v) is 4.84. The minimum absolute atomic E-state index is 0.301. The van der Waals surface area contributed by atoms with Crippen LogP contribution in [0.3, 0.4) is 0 Å². The van der Waals surface area contributed by atoms with Gasteiger partial charge in [-0.05, 0) is 48.9 Å². The van der Waals surface area contributed by atoms with Crippen LogP contribution in [0.2, 0.25) is 0 Å². The number of nitrogens with zero attached hydrogens (tertiary/aromatic N) is 1. The van der Waals surface area contributed by atoms with Crippen molar-refractivity contribution in [2.45, 2.75) is 13.8 Å². The second-order valence-electron chi connectivity index (χ2n) is 6.05. The largest absolute Gasteiger partial charge is 0.324 e. The van der Waals surface area contributed by atoms with Gasteiger partial charge in [-0.3, -0.25) is 19.3 Å². The van der Waals surface area contributed by atoms with E-state index < -0.39 is 17.1 Å². The lowest BCUT2D eigenvalue weighted by Gasteiger charge is -2.14. The molecular formula is C20H18N2O3S. The van der Waals surface area contributed by atoms with E-state index in [1.807, 2.05) is 62.4 Å². The Morgan fingerprint density at radius 2 is 1.85 bits per heavy atom. The summed E-state index contributed by atoms with van der Waals surface area (Å²) in [6, 6.07) is 14.9. The standard InChI is InChI=1S/C20H18N2O3S/c1-13-8-9-16(14(2)10-13)21-18(23)12-22-19(24)17(26-20(22)25)11-15-6-4-3-5-7-15/h3-11H,12H2,1-2H3,(H,21,23). The van der Waals surface area contributed by atoms with Crippen LogP contribution in [0.25, 0.3) is 6.08 Å². The summed E-state index contributed by atoms with van der Waals surface area (Å²) < 4.78 is 0. The number of imide groups is 1. The van der Waals surface area contributed by atoms with Gasteiger partial charge < -0.3 is 5.32 Å². The van der Waals surface area contributed by atoms with Crippen molar-refractivity contribution in [2.24, 2.45) is 0 Å². The molecule has 0 unspecified atom stereocenters. The van der Waals surface area contributed by atoms with Crippen LogP contribution >= 0.6 is 11.8 Å². The molecule has 0 aromatic heterocycles. The van der Waals surface area contributed by atoms with E-state index in [1.165, 1.54) is 0 Å². The maximum atomic E-state index is 12.5. The third kappa shape index (κ3) is 4.03. The summed E-state index contributed by atoms with van der Waals surface area (Å²) in [5, 5.41) is 2.32. The molecule has 3 amide bonds. The normalized spacial score (nSPS) is 15.6. The number of benzene rings is 2. The molecule has 0 bridgehead atoms. The van der Waals surface area contributed by atoms with Crippen LogP contribution < -0.4 is 5.32 Å². The van der Waals surface area contributed by atoms with Crippen LogP contribution in [0, 0.1) is 13.8 Å². The molecule has 1 heterocycles. The number of carbonyl (C=O) groups is 3. The highest BCUT2D eigenvalue weighted by Crippen LogP contribution is 2.32. The van der Waals surface area contributed by atoms with Crippen molar-refractivity contribution in [3.05, 3.63) is 70.1 Å². The summed E-state index contributed by atoms with van der Waals surface area (Å²) in [6.45, 7) is 3.56. The molecule has 0 spiro atoms. The summed E-state index contributed by atoms with van der Waals surface area (Å²) in [5.74, 6) is -0.847. The number of nitrogens with one attached hydrogen (secondary N) is 1. The fraction of sp³-hybridized carbons (Fsp3) is 0.150. The van der Waals surface area contributed by atoms with Crippen molar-refractivity contribution < 1.29 is 14.4 Å². The van der Waals surface area contributed by atoms with E-state index in [-0.39, 0.29) is 6.54 Å². The zero-order chi connectivity index (χ0) is 18.7. The highest BCUT2D eigenvalue weighted by atomic mass is 32.2. The quantitative estimate of drug-likeness (QED) is 0.831. The van der Waals surface area contributed by atoms with E-state index in [2.05, 4.69) is 5.32 Å². The van der Waals surface area contributed by atoms with E-state index in [0.717, 1.165) is 33.4 Å². The molecule has 1 saturated heterocycles. The molecule has 1 aliphatic rings. The first-order valence-corrected chi connectivity index (χ1v) is 8.93. The van der Waals surface area contributed by atoms with Crippen LogP contribution in [-0.4, -0.2) is 28.5 Å². The molecule has 0 saturated carbocycles. The minimum atomic E-state index is -0.445. The van der Waals surface area contributed by atoms with Gasteiger partial charge in [0.1, 0.15) is 6.54 Å². The first-order valence-electron chi connectivity index (χ1n) is 8.11. The number of hydrogen-bond donors (Lipinski definition) is 1. The average Bonchev–Trinajstić information content (AvgIpc) is 2.86. The molecule has 26 heavy (non-hydrogen) atoms. The lowest BCUT2D eigenvalue weighted by atomic mass is 10.1. The Morgan fingerprint density at radius 1 is 1.12 bits per heavy atom. The van der Waals surface area contributed by atoms with Gasteiger partial charge in [-0.25, -0.2) is 0 Å². The number of aryl methyl sites for hydroxylation is 2. The molecular weight excluding hydrogens is 348 g/mol. The van der Waals surface area contributed by atoms with Crippen molar-refractivity contribution in [2.75, 3.05) is 11.9 Å². The van der Waals surface area contributed by atoms with E-state index >= 15 is 0 Å². The van der Waals surface area contributed by atoms with Crippen molar-refractivity contribution in [3.63, 3.8) is 0 Å². The van der Waals surface area contributed by atoms with Crippen molar-refractivity contribution in [1.29, 1.82) is 0 Å². The molecule has 0 radical (unpaired) electrons. The molecule has 1 aliphatic heterocycles. The Bertz CT molecular complexity index is 907. The maximum absolute atomic E-state index is 12.5. The molecule has 1 N–H and O–H groups in total. The van der Waals surface area contributed by atoms with Gasteiger partial charge in [-0.15, -0.1) is 0 Å². The Morgan fingerprint density at radius 3 is 2.54 bits per heavy atom. The van der Waals surface area contributed by atoms with Crippen LogP contribution in [0.5, 0.6) is 0 Å². The summed E-state index contributed by atoms with van der Waals surface area (Å²) in [7, 11) is 0. The highest BCUT2D eigenvalue weighted by molar-refractivity contribution is 8.18. The van der Waals surface area contributed by atoms with Crippen molar-refractivity contribution in [1.82, 2.24) is 4.90 Å². The molecule has 6 heteroatoms. The number of anilines is 1. The monoisotopic (exact) mass is 366 g/mol. The average molecular weight is 366 g/mol. The molecule has 132 valence electrons. The van der Waals surface area contributed by atoms with Crippen molar-refractivity contribution >= 4 is 40.6 Å². The summed E-state index contributed by atoms with van der Waals surface area (Å²) in [4.78, 5) is 38.2. The summed E-state index contributed by atoms with van der Waals surface area (Å²) >= 11 is 0.849.